The first-order chi connectivity index (χ1) is 13.9. The summed E-state index contributed by atoms with van der Waals surface area (Å²) in [6.07, 6.45) is 0. The fourth-order valence-corrected chi connectivity index (χ4v) is 2.92. The van der Waals surface area contributed by atoms with Crippen molar-refractivity contribution < 1.29 is 32.5 Å². The molecule has 9 heteroatoms. The number of methoxy groups -OCH3 is 1. The molecule has 3 rings (SSSR count). The Morgan fingerprint density at radius 1 is 1.14 bits per heavy atom. The largest absolute Gasteiger partial charge is 0.493 e. The standard InChI is InChI=1S/C20H22F2N2O5/c1-24(10-14-4-6-16(29-20(21)22)17(8-14)26-2)11-19(25)23-9-13-3-5-15-18(7-13)28-12-27-15/h3-8,20H,9-12H2,1-2H3,(H,23,25). The van der Waals surface area contributed by atoms with Crippen LogP contribution in [0.25, 0.3) is 0 Å². The van der Waals surface area contributed by atoms with E-state index in [0.717, 1.165) is 11.1 Å². The van der Waals surface area contributed by atoms with Crippen LogP contribution in [0.4, 0.5) is 8.78 Å². The van der Waals surface area contributed by atoms with E-state index in [1.54, 1.807) is 24.1 Å². The number of nitrogens with zero attached hydrogens (tertiary/aromatic N) is 1. The first-order valence-electron chi connectivity index (χ1n) is 8.90. The molecule has 0 unspecified atom stereocenters. The van der Waals surface area contributed by atoms with Crippen LogP contribution in [0, 0.1) is 0 Å². The maximum atomic E-state index is 12.4. The fourth-order valence-electron chi connectivity index (χ4n) is 2.92. The summed E-state index contributed by atoms with van der Waals surface area (Å²) in [6, 6.07) is 10.2. The highest BCUT2D eigenvalue weighted by atomic mass is 19.3. The van der Waals surface area contributed by atoms with Crippen LogP contribution in [0.3, 0.4) is 0 Å². The van der Waals surface area contributed by atoms with E-state index < -0.39 is 6.61 Å². The first kappa shape index (κ1) is 20.7. The van der Waals surface area contributed by atoms with Crippen molar-refractivity contribution >= 4 is 5.91 Å². The molecule has 0 aromatic heterocycles. The number of nitrogens with one attached hydrogen (secondary N) is 1. The SMILES string of the molecule is COc1cc(CN(C)CC(=O)NCc2ccc3c(c2)OCO3)ccc1OC(F)F. The van der Waals surface area contributed by atoms with Crippen molar-refractivity contribution in [3.63, 3.8) is 0 Å². The normalized spacial score (nSPS) is 12.3. The molecule has 0 radical (unpaired) electrons. The lowest BCUT2D eigenvalue weighted by molar-refractivity contribution is -0.122. The van der Waals surface area contributed by atoms with Gasteiger partial charge in [-0.2, -0.15) is 8.78 Å². The number of carbonyl (C=O) groups excluding carboxylic acids is 1. The number of rotatable bonds is 9. The predicted molar refractivity (Wildman–Crippen MR) is 100 cm³/mol. The van der Waals surface area contributed by atoms with Crippen molar-refractivity contribution in [3.05, 3.63) is 47.5 Å². The van der Waals surface area contributed by atoms with Gasteiger partial charge in [-0.3, -0.25) is 9.69 Å². The van der Waals surface area contributed by atoms with Gasteiger partial charge in [-0.1, -0.05) is 12.1 Å². The molecule has 1 aliphatic heterocycles. The van der Waals surface area contributed by atoms with Crippen LogP contribution in [-0.4, -0.2) is 44.9 Å². The fraction of sp³-hybridized carbons (Fsp3) is 0.350. The molecule has 1 N–H and O–H groups in total. The number of hydrogen-bond donors (Lipinski definition) is 1. The molecule has 2 aromatic carbocycles. The van der Waals surface area contributed by atoms with Crippen molar-refractivity contribution in [2.24, 2.45) is 0 Å². The van der Waals surface area contributed by atoms with Crippen molar-refractivity contribution in [1.29, 1.82) is 0 Å². The lowest BCUT2D eigenvalue weighted by atomic mass is 10.2. The molecule has 0 saturated carbocycles. The zero-order valence-corrected chi connectivity index (χ0v) is 16.1. The van der Waals surface area contributed by atoms with Crippen LogP contribution in [0.5, 0.6) is 23.0 Å². The minimum Gasteiger partial charge on any atom is -0.493 e. The van der Waals surface area contributed by atoms with Gasteiger partial charge in [0.25, 0.3) is 0 Å². The molecule has 1 amide bonds. The number of hydrogen-bond acceptors (Lipinski definition) is 6. The van der Waals surface area contributed by atoms with Gasteiger partial charge in [-0.05, 0) is 42.4 Å². The molecule has 7 nitrogen and oxygen atoms in total. The molecule has 1 aliphatic rings. The number of carbonyl (C=O) groups is 1. The minimum atomic E-state index is -2.93. The van der Waals surface area contributed by atoms with Gasteiger partial charge < -0.3 is 24.3 Å². The minimum absolute atomic E-state index is 0.0321. The lowest BCUT2D eigenvalue weighted by Gasteiger charge is -2.18. The summed E-state index contributed by atoms with van der Waals surface area (Å²) in [6.45, 7) is -1.75. The Morgan fingerprint density at radius 2 is 1.90 bits per heavy atom. The Labute approximate surface area is 167 Å². The van der Waals surface area contributed by atoms with E-state index in [2.05, 4.69) is 10.1 Å². The third-order valence-electron chi connectivity index (χ3n) is 4.24. The second-order valence-electron chi connectivity index (χ2n) is 6.50. The first-order valence-corrected chi connectivity index (χ1v) is 8.90. The summed E-state index contributed by atoms with van der Waals surface area (Å²) in [5.41, 5.74) is 1.71. The molecule has 0 atom stereocenters. The van der Waals surface area contributed by atoms with Crippen LogP contribution in [0.1, 0.15) is 11.1 Å². The van der Waals surface area contributed by atoms with Gasteiger partial charge in [0.1, 0.15) is 0 Å². The molecule has 0 aliphatic carbocycles. The van der Waals surface area contributed by atoms with Gasteiger partial charge in [0.05, 0.1) is 13.7 Å². The maximum absolute atomic E-state index is 12.4. The van der Waals surface area contributed by atoms with Gasteiger partial charge in [0.2, 0.25) is 12.7 Å². The second kappa shape index (κ2) is 9.42. The average molecular weight is 408 g/mol. The van der Waals surface area contributed by atoms with E-state index in [0.29, 0.717) is 24.6 Å². The number of amides is 1. The Kier molecular flexibility index (Phi) is 6.71. The quantitative estimate of drug-likeness (QED) is 0.688. The number of halogens is 2. The predicted octanol–water partition coefficient (Wildman–Crippen LogP) is 2.77. The van der Waals surface area contributed by atoms with E-state index in [9.17, 15) is 13.6 Å². The van der Waals surface area contributed by atoms with Crippen molar-refractivity contribution in [3.8, 4) is 23.0 Å². The number of ether oxygens (including phenoxy) is 4. The highest BCUT2D eigenvalue weighted by Crippen LogP contribution is 2.32. The zero-order chi connectivity index (χ0) is 20.8. The summed E-state index contributed by atoms with van der Waals surface area (Å²) >= 11 is 0. The molecule has 1 heterocycles. The number of benzene rings is 2. The second-order valence-corrected chi connectivity index (χ2v) is 6.50. The van der Waals surface area contributed by atoms with Gasteiger partial charge in [-0.15, -0.1) is 0 Å². The number of fused-ring (bicyclic) bond motifs is 1. The van der Waals surface area contributed by atoms with E-state index in [4.69, 9.17) is 14.2 Å². The van der Waals surface area contributed by atoms with Crippen molar-refractivity contribution in [1.82, 2.24) is 10.2 Å². The Hall–Kier alpha value is -3.07. The van der Waals surface area contributed by atoms with Crippen LogP contribution >= 0.6 is 0 Å². The third kappa shape index (κ3) is 5.71. The summed E-state index contributed by atoms with van der Waals surface area (Å²) in [7, 11) is 3.17. The lowest BCUT2D eigenvalue weighted by Crippen LogP contribution is -2.34. The summed E-state index contributed by atoms with van der Waals surface area (Å²) in [4.78, 5) is 14.0. The Morgan fingerprint density at radius 3 is 2.66 bits per heavy atom. The monoisotopic (exact) mass is 408 g/mol. The zero-order valence-electron chi connectivity index (χ0n) is 16.1. The van der Waals surface area contributed by atoms with E-state index >= 15 is 0 Å². The van der Waals surface area contributed by atoms with Crippen LogP contribution < -0.4 is 24.3 Å². The van der Waals surface area contributed by atoms with Crippen molar-refractivity contribution in [2.45, 2.75) is 19.7 Å². The average Bonchev–Trinajstić information content (AvgIpc) is 3.15. The molecule has 0 spiro atoms. The van der Waals surface area contributed by atoms with E-state index in [-0.39, 0.29) is 30.7 Å². The van der Waals surface area contributed by atoms with Gasteiger partial charge >= 0.3 is 6.61 Å². The Balaban J connectivity index is 1.49. The molecular formula is C20H22F2N2O5. The molecule has 156 valence electrons. The highest BCUT2D eigenvalue weighted by Gasteiger charge is 2.15. The highest BCUT2D eigenvalue weighted by molar-refractivity contribution is 5.78. The van der Waals surface area contributed by atoms with Crippen LogP contribution in [0.15, 0.2) is 36.4 Å². The van der Waals surface area contributed by atoms with Crippen LogP contribution in [-0.2, 0) is 17.9 Å². The summed E-state index contributed by atoms with van der Waals surface area (Å²) in [5.74, 6) is 1.40. The topological polar surface area (TPSA) is 69.3 Å². The summed E-state index contributed by atoms with van der Waals surface area (Å²) in [5, 5.41) is 2.86. The molecule has 0 saturated heterocycles. The molecule has 0 fully saturated rings. The van der Waals surface area contributed by atoms with Crippen LogP contribution in [0.2, 0.25) is 0 Å². The van der Waals surface area contributed by atoms with Crippen molar-refractivity contribution in [2.75, 3.05) is 27.5 Å². The third-order valence-corrected chi connectivity index (χ3v) is 4.24. The van der Waals surface area contributed by atoms with E-state index in [1.165, 1.54) is 13.2 Å². The number of likely N-dealkylation sites (N-methyl/N-ethyl adjacent to an activating group) is 1. The Bertz CT molecular complexity index is 863. The molecular weight excluding hydrogens is 386 g/mol. The van der Waals surface area contributed by atoms with Gasteiger partial charge in [0, 0.05) is 13.1 Å². The molecule has 2 aromatic rings. The number of alkyl halides is 2. The van der Waals surface area contributed by atoms with Gasteiger partial charge in [-0.25, -0.2) is 0 Å². The summed E-state index contributed by atoms with van der Waals surface area (Å²) < 4.78 is 44.9. The molecule has 29 heavy (non-hydrogen) atoms. The van der Waals surface area contributed by atoms with Gasteiger partial charge in [0.15, 0.2) is 23.0 Å². The smallest absolute Gasteiger partial charge is 0.387 e. The van der Waals surface area contributed by atoms with E-state index in [1.807, 2.05) is 18.2 Å². The maximum Gasteiger partial charge on any atom is 0.387 e. The molecule has 0 bridgehead atoms.